The van der Waals surface area contributed by atoms with Gasteiger partial charge in [-0.25, -0.2) is 13.1 Å². The second-order valence-corrected chi connectivity index (χ2v) is 7.81. The molecule has 1 aromatic rings. The molecule has 1 fully saturated rings. The van der Waals surface area contributed by atoms with Crippen LogP contribution in [0.15, 0.2) is 22.8 Å². The Hall–Kier alpha value is -0.890. The first-order chi connectivity index (χ1) is 10.5. The summed E-state index contributed by atoms with van der Waals surface area (Å²) in [6.45, 7) is 2.02. The van der Waals surface area contributed by atoms with E-state index in [1.165, 1.54) is 12.7 Å². The van der Waals surface area contributed by atoms with Gasteiger partial charge < -0.3 is 9.52 Å². The van der Waals surface area contributed by atoms with Crippen molar-refractivity contribution in [3.8, 4) is 0 Å². The van der Waals surface area contributed by atoms with Crippen LogP contribution in [0.5, 0.6) is 0 Å². The maximum Gasteiger partial charge on any atom is 0.208 e. The molecule has 2 rings (SSSR count). The standard InChI is InChI=1S/C15H26N2O4S/c1-22(19,20)16-8-10-17-9-4-2-3-6-13(17)12-14(18)15-7-5-11-21-15/h5,7,11,13-14,16,18H,2-4,6,8-10,12H2,1H3/t13-,14-/m1/s1. The summed E-state index contributed by atoms with van der Waals surface area (Å²) in [6, 6.07) is 3.82. The van der Waals surface area contributed by atoms with Crippen LogP contribution in [0.25, 0.3) is 0 Å². The van der Waals surface area contributed by atoms with Crippen molar-refractivity contribution in [2.75, 3.05) is 25.9 Å². The SMILES string of the molecule is CS(=O)(=O)NCCN1CCCCC[C@@H]1C[C@@H](O)c1ccco1. The quantitative estimate of drug-likeness (QED) is 0.791. The van der Waals surface area contributed by atoms with Crippen LogP contribution in [0.1, 0.15) is 44.0 Å². The van der Waals surface area contributed by atoms with Gasteiger partial charge in [-0.2, -0.15) is 0 Å². The Morgan fingerprint density at radius 3 is 2.95 bits per heavy atom. The lowest BCUT2D eigenvalue weighted by Gasteiger charge is -2.31. The van der Waals surface area contributed by atoms with Crippen LogP contribution in [0.3, 0.4) is 0 Å². The van der Waals surface area contributed by atoms with E-state index in [2.05, 4.69) is 9.62 Å². The number of aliphatic hydroxyl groups excluding tert-OH is 1. The molecule has 0 amide bonds. The second kappa shape index (κ2) is 8.10. The lowest BCUT2D eigenvalue weighted by Crippen LogP contribution is -2.41. The minimum Gasteiger partial charge on any atom is -0.467 e. The van der Waals surface area contributed by atoms with Crippen molar-refractivity contribution in [2.45, 2.75) is 44.2 Å². The molecule has 0 aromatic carbocycles. The normalized spacial score (nSPS) is 22.4. The van der Waals surface area contributed by atoms with E-state index in [1.807, 2.05) is 0 Å². The Kier molecular flexibility index (Phi) is 6.43. The van der Waals surface area contributed by atoms with Gasteiger partial charge in [-0.05, 0) is 37.9 Å². The summed E-state index contributed by atoms with van der Waals surface area (Å²) in [4.78, 5) is 2.29. The Morgan fingerprint density at radius 1 is 1.45 bits per heavy atom. The van der Waals surface area contributed by atoms with Gasteiger partial charge in [-0.1, -0.05) is 12.8 Å². The van der Waals surface area contributed by atoms with Gasteiger partial charge in [-0.15, -0.1) is 0 Å². The number of furan rings is 1. The Morgan fingerprint density at radius 2 is 2.27 bits per heavy atom. The van der Waals surface area contributed by atoms with Gasteiger partial charge in [0.05, 0.1) is 12.5 Å². The van der Waals surface area contributed by atoms with Gasteiger partial charge in [0.25, 0.3) is 0 Å². The van der Waals surface area contributed by atoms with E-state index in [0.29, 0.717) is 25.3 Å². The Bertz CT molecular complexity index is 530. The molecule has 1 aliphatic rings. The van der Waals surface area contributed by atoms with Crippen molar-refractivity contribution >= 4 is 10.0 Å². The number of aliphatic hydroxyl groups is 1. The molecule has 2 atom stereocenters. The third-order valence-electron chi connectivity index (χ3n) is 4.13. The summed E-state index contributed by atoms with van der Waals surface area (Å²) >= 11 is 0. The molecule has 6 nitrogen and oxygen atoms in total. The van der Waals surface area contributed by atoms with E-state index in [1.54, 1.807) is 18.4 Å². The first kappa shape index (κ1) is 17.5. The molecule has 1 saturated heterocycles. The zero-order valence-electron chi connectivity index (χ0n) is 13.1. The number of hydrogen-bond donors (Lipinski definition) is 2. The van der Waals surface area contributed by atoms with Crippen LogP contribution in [-0.2, 0) is 10.0 Å². The van der Waals surface area contributed by atoms with E-state index >= 15 is 0 Å². The largest absolute Gasteiger partial charge is 0.467 e. The summed E-state index contributed by atoms with van der Waals surface area (Å²) in [5.41, 5.74) is 0. The van der Waals surface area contributed by atoms with Crippen LogP contribution < -0.4 is 4.72 Å². The molecule has 126 valence electrons. The highest BCUT2D eigenvalue weighted by molar-refractivity contribution is 7.88. The van der Waals surface area contributed by atoms with Crippen molar-refractivity contribution in [2.24, 2.45) is 0 Å². The summed E-state index contributed by atoms with van der Waals surface area (Å²) < 4.78 is 30.2. The molecule has 0 saturated carbocycles. The maximum absolute atomic E-state index is 11.2. The topological polar surface area (TPSA) is 82.8 Å². The lowest BCUT2D eigenvalue weighted by molar-refractivity contribution is 0.0872. The highest BCUT2D eigenvalue weighted by Crippen LogP contribution is 2.26. The van der Waals surface area contributed by atoms with Crippen LogP contribution in [-0.4, -0.2) is 50.4 Å². The fourth-order valence-electron chi connectivity index (χ4n) is 3.03. The van der Waals surface area contributed by atoms with Gasteiger partial charge >= 0.3 is 0 Å². The predicted molar refractivity (Wildman–Crippen MR) is 85.0 cm³/mol. The van der Waals surface area contributed by atoms with Gasteiger partial charge in [-0.3, -0.25) is 4.90 Å². The van der Waals surface area contributed by atoms with Gasteiger partial charge in [0.1, 0.15) is 11.9 Å². The number of nitrogens with one attached hydrogen (secondary N) is 1. The summed E-state index contributed by atoms with van der Waals surface area (Å²) in [5, 5.41) is 10.3. The van der Waals surface area contributed by atoms with E-state index in [0.717, 1.165) is 25.8 Å². The molecule has 0 unspecified atom stereocenters. The van der Waals surface area contributed by atoms with Gasteiger partial charge in [0.15, 0.2) is 0 Å². The minimum atomic E-state index is -3.15. The molecule has 1 aliphatic heterocycles. The van der Waals surface area contributed by atoms with E-state index < -0.39 is 16.1 Å². The highest BCUT2D eigenvalue weighted by atomic mass is 32.2. The smallest absolute Gasteiger partial charge is 0.208 e. The zero-order chi connectivity index (χ0) is 16.0. The van der Waals surface area contributed by atoms with Crippen LogP contribution in [0, 0.1) is 0 Å². The third kappa shape index (κ3) is 5.72. The van der Waals surface area contributed by atoms with Gasteiger partial charge in [0.2, 0.25) is 10.0 Å². The Labute approximate surface area is 132 Å². The number of likely N-dealkylation sites (tertiary alicyclic amines) is 1. The molecule has 22 heavy (non-hydrogen) atoms. The summed E-state index contributed by atoms with van der Waals surface area (Å²) in [5.74, 6) is 0.596. The molecule has 0 aliphatic carbocycles. The van der Waals surface area contributed by atoms with Gasteiger partial charge in [0, 0.05) is 19.1 Å². The lowest BCUT2D eigenvalue weighted by atomic mass is 10.0. The van der Waals surface area contributed by atoms with E-state index in [-0.39, 0.29) is 6.04 Å². The molecule has 2 heterocycles. The predicted octanol–water partition coefficient (Wildman–Crippen LogP) is 1.50. The fourth-order valence-corrected chi connectivity index (χ4v) is 3.49. The second-order valence-electron chi connectivity index (χ2n) is 5.97. The van der Waals surface area contributed by atoms with E-state index in [4.69, 9.17) is 4.42 Å². The number of rotatable bonds is 7. The van der Waals surface area contributed by atoms with Crippen molar-refractivity contribution in [1.82, 2.24) is 9.62 Å². The monoisotopic (exact) mass is 330 g/mol. The first-order valence-corrected chi connectivity index (χ1v) is 9.75. The van der Waals surface area contributed by atoms with Crippen molar-refractivity contribution in [3.63, 3.8) is 0 Å². The summed E-state index contributed by atoms with van der Waals surface area (Å²) in [6.07, 6.45) is 7.22. The average Bonchev–Trinajstić information content (AvgIpc) is 2.89. The Balaban J connectivity index is 1.92. The highest BCUT2D eigenvalue weighted by Gasteiger charge is 2.25. The van der Waals surface area contributed by atoms with Crippen molar-refractivity contribution in [1.29, 1.82) is 0 Å². The number of sulfonamides is 1. The molecule has 2 N–H and O–H groups in total. The van der Waals surface area contributed by atoms with Crippen LogP contribution >= 0.6 is 0 Å². The van der Waals surface area contributed by atoms with Crippen LogP contribution in [0.2, 0.25) is 0 Å². The molecule has 1 aromatic heterocycles. The zero-order valence-corrected chi connectivity index (χ0v) is 13.9. The fraction of sp³-hybridized carbons (Fsp3) is 0.733. The van der Waals surface area contributed by atoms with Crippen LogP contribution in [0.4, 0.5) is 0 Å². The molecule has 0 spiro atoms. The maximum atomic E-state index is 11.2. The number of nitrogens with zero attached hydrogens (tertiary/aromatic N) is 1. The molecular weight excluding hydrogens is 304 g/mol. The molecule has 7 heteroatoms. The molecule has 0 bridgehead atoms. The van der Waals surface area contributed by atoms with Crippen molar-refractivity contribution in [3.05, 3.63) is 24.2 Å². The molecular formula is C15H26N2O4S. The van der Waals surface area contributed by atoms with E-state index in [9.17, 15) is 13.5 Å². The van der Waals surface area contributed by atoms with Crippen molar-refractivity contribution < 1.29 is 17.9 Å². The third-order valence-corrected chi connectivity index (χ3v) is 4.86. The average molecular weight is 330 g/mol. The summed E-state index contributed by atoms with van der Waals surface area (Å²) in [7, 11) is -3.15. The minimum absolute atomic E-state index is 0.254. The number of hydrogen-bond acceptors (Lipinski definition) is 5. The first-order valence-electron chi connectivity index (χ1n) is 7.86. The molecule has 0 radical (unpaired) electrons.